The zero-order valence-corrected chi connectivity index (χ0v) is 10.6. The molecule has 6 heteroatoms. The van der Waals surface area contributed by atoms with Crippen LogP contribution in [-0.2, 0) is 4.79 Å². The number of aromatic nitrogens is 2. The molecule has 3 rings (SSSR count). The van der Waals surface area contributed by atoms with Crippen molar-refractivity contribution in [3.05, 3.63) is 39.9 Å². The lowest BCUT2D eigenvalue weighted by Gasteiger charge is -2.13. The van der Waals surface area contributed by atoms with E-state index in [0.29, 0.717) is 28.2 Å². The summed E-state index contributed by atoms with van der Waals surface area (Å²) in [6, 6.07) is 1.29. The zero-order valence-electron chi connectivity index (χ0n) is 9.77. The van der Waals surface area contributed by atoms with Gasteiger partial charge in [-0.2, -0.15) is 0 Å². The van der Waals surface area contributed by atoms with Crippen LogP contribution in [0.5, 0.6) is 0 Å². The van der Waals surface area contributed by atoms with E-state index in [9.17, 15) is 9.59 Å². The van der Waals surface area contributed by atoms with Crippen LogP contribution in [0.3, 0.4) is 0 Å². The Balaban J connectivity index is 2.26. The second-order valence-corrected chi connectivity index (χ2v) is 5.20. The van der Waals surface area contributed by atoms with Gasteiger partial charge in [0.2, 0.25) is 5.91 Å². The predicted octanol–water partition coefficient (Wildman–Crippen LogP) is 1.34. The van der Waals surface area contributed by atoms with E-state index in [0.717, 1.165) is 0 Å². The van der Waals surface area contributed by atoms with Gasteiger partial charge in [0.15, 0.2) is 0 Å². The van der Waals surface area contributed by atoms with Crippen LogP contribution in [0.25, 0.3) is 10.2 Å². The third kappa shape index (κ3) is 1.49. The van der Waals surface area contributed by atoms with Crippen LogP contribution in [-0.4, -0.2) is 15.5 Å². The molecule has 92 valence electrons. The van der Waals surface area contributed by atoms with Gasteiger partial charge in [-0.25, -0.2) is 4.98 Å². The third-order valence-electron chi connectivity index (χ3n) is 3.04. The van der Waals surface area contributed by atoms with Gasteiger partial charge in [0.05, 0.1) is 5.52 Å². The minimum absolute atomic E-state index is 0.151. The summed E-state index contributed by atoms with van der Waals surface area (Å²) in [7, 11) is 0. The lowest BCUT2D eigenvalue weighted by molar-refractivity contribution is -0.121. The van der Waals surface area contributed by atoms with Gasteiger partial charge in [-0.3, -0.25) is 14.2 Å². The van der Waals surface area contributed by atoms with Gasteiger partial charge in [0.25, 0.3) is 5.56 Å². The number of amides is 1. The quantitative estimate of drug-likeness (QED) is 0.842. The number of aryl methyl sites for hydroxylation is 1. The Morgan fingerprint density at radius 3 is 3.00 bits per heavy atom. The molecule has 1 unspecified atom stereocenters. The normalized spacial score (nSPS) is 19.5. The number of allylic oxidation sites excluding steroid dienone is 1. The number of carbonyl (C=O) groups is 1. The van der Waals surface area contributed by atoms with Crippen LogP contribution in [0.4, 0.5) is 0 Å². The molecule has 18 heavy (non-hydrogen) atoms. The molecule has 1 saturated heterocycles. The van der Waals surface area contributed by atoms with E-state index >= 15 is 0 Å². The molecule has 0 radical (unpaired) electrons. The highest BCUT2D eigenvalue weighted by Crippen LogP contribution is 2.24. The fourth-order valence-corrected chi connectivity index (χ4v) is 3.01. The van der Waals surface area contributed by atoms with E-state index in [1.54, 1.807) is 6.92 Å². The van der Waals surface area contributed by atoms with Crippen molar-refractivity contribution in [2.45, 2.75) is 19.4 Å². The van der Waals surface area contributed by atoms with Crippen molar-refractivity contribution in [2.24, 2.45) is 0 Å². The number of hydrogen-bond donors (Lipinski definition) is 1. The summed E-state index contributed by atoms with van der Waals surface area (Å²) in [4.78, 5) is 28.5. The molecule has 2 aromatic rings. The first kappa shape index (κ1) is 11.2. The van der Waals surface area contributed by atoms with Crippen molar-refractivity contribution in [1.82, 2.24) is 14.9 Å². The van der Waals surface area contributed by atoms with Gasteiger partial charge in [0.1, 0.15) is 16.6 Å². The van der Waals surface area contributed by atoms with Crippen molar-refractivity contribution < 1.29 is 4.79 Å². The average Bonchev–Trinajstić information content (AvgIpc) is 2.86. The maximum atomic E-state index is 12.4. The lowest BCUT2D eigenvalue weighted by Crippen LogP contribution is -2.32. The van der Waals surface area contributed by atoms with Gasteiger partial charge in [0, 0.05) is 12.1 Å². The number of rotatable bonds is 1. The third-order valence-corrected chi connectivity index (χ3v) is 3.93. The van der Waals surface area contributed by atoms with E-state index in [2.05, 4.69) is 16.9 Å². The summed E-state index contributed by atoms with van der Waals surface area (Å²) >= 11 is 1.35. The van der Waals surface area contributed by atoms with Crippen LogP contribution in [0.2, 0.25) is 0 Å². The highest BCUT2D eigenvalue weighted by Gasteiger charge is 2.31. The van der Waals surface area contributed by atoms with Crippen LogP contribution >= 0.6 is 11.3 Å². The van der Waals surface area contributed by atoms with E-state index in [1.165, 1.54) is 15.9 Å². The van der Waals surface area contributed by atoms with Crippen molar-refractivity contribution in [2.75, 3.05) is 0 Å². The first-order chi connectivity index (χ1) is 8.58. The second kappa shape index (κ2) is 3.78. The average molecular weight is 261 g/mol. The monoisotopic (exact) mass is 261 g/mol. The molecule has 0 bridgehead atoms. The van der Waals surface area contributed by atoms with E-state index in [1.807, 2.05) is 11.4 Å². The largest absolute Gasteiger partial charge is 0.328 e. The predicted molar refractivity (Wildman–Crippen MR) is 69.6 cm³/mol. The Kier molecular flexibility index (Phi) is 2.34. The summed E-state index contributed by atoms with van der Waals surface area (Å²) in [6.07, 6.45) is 0.443. The SMILES string of the molecule is C=C1CC(n2c(C)nc3ccsc3c2=O)C(=O)N1. The smallest absolute Gasteiger partial charge is 0.272 e. The topological polar surface area (TPSA) is 64.0 Å². The molecule has 1 fully saturated rings. The zero-order chi connectivity index (χ0) is 12.9. The first-order valence-corrected chi connectivity index (χ1v) is 6.41. The Bertz CT molecular complexity index is 728. The highest BCUT2D eigenvalue weighted by atomic mass is 32.1. The number of carbonyl (C=O) groups excluding carboxylic acids is 1. The van der Waals surface area contributed by atoms with Crippen molar-refractivity contribution in [3.63, 3.8) is 0 Å². The summed E-state index contributed by atoms with van der Waals surface area (Å²) in [5.74, 6) is 0.364. The summed E-state index contributed by atoms with van der Waals surface area (Å²) in [5.41, 5.74) is 1.18. The number of nitrogens with zero attached hydrogens (tertiary/aromatic N) is 2. The molecule has 0 aromatic carbocycles. The van der Waals surface area contributed by atoms with Crippen molar-refractivity contribution in [3.8, 4) is 0 Å². The van der Waals surface area contributed by atoms with Crippen molar-refractivity contribution in [1.29, 1.82) is 0 Å². The molecule has 0 saturated carbocycles. The molecular weight excluding hydrogens is 250 g/mol. The molecule has 0 spiro atoms. The standard InChI is InChI=1S/C12H11N3O2S/c1-6-5-9(11(16)13-6)15-7(2)14-8-3-4-18-10(8)12(15)17/h3-4,9H,1,5H2,2H3,(H,13,16). The molecular formula is C12H11N3O2S. The van der Waals surface area contributed by atoms with Gasteiger partial charge >= 0.3 is 0 Å². The highest BCUT2D eigenvalue weighted by molar-refractivity contribution is 7.17. The molecule has 1 aliphatic rings. The maximum absolute atomic E-state index is 12.4. The Morgan fingerprint density at radius 1 is 1.56 bits per heavy atom. The van der Waals surface area contributed by atoms with Crippen LogP contribution in [0, 0.1) is 6.92 Å². The number of hydrogen-bond acceptors (Lipinski definition) is 4. The summed E-state index contributed by atoms with van der Waals surface area (Å²) in [5, 5.41) is 4.47. The van der Waals surface area contributed by atoms with E-state index in [-0.39, 0.29) is 11.5 Å². The molecule has 1 amide bonds. The number of fused-ring (bicyclic) bond motifs is 1. The maximum Gasteiger partial charge on any atom is 0.272 e. The fourth-order valence-electron chi connectivity index (χ4n) is 2.25. The molecule has 2 aromatic heterocycles. The van der Waals surface area contributed by atoms with Gasteiger partial charge in [-0.1, -0.05) is 6.58 Å². The Morgan fingerprint density at radius 2 is 2.33 bits per heavy atom. The Hall–Kier alpha value is -1.95. The molecule has 1 atom stereocenters. The lowest BCUT2D eigenvalue weighted by atomic mass is 10.2. The molecule has 1 N–H and O–H groups in total. The molecule has 5 nitrogen and oxygen atoms in total. The Labute approximate surface area is 107 Å². The van der Waals surface area contributed by atoms with Crippen molar-refractivity contribution >= 4 is 27.5 Å². The number of thiophene rings is 1. The van der Waals surface area contributed by atoms with Gasteiger partial charge in [-0.05, 0) is 18.4 Å². The molecule has 3 heterocycles. The summed E-state index contributed by atoms with van der Waals surface area (Å²) < 4.78 is 2.05. The molecule has 0 aliphatic carbocycles. The van der Waals surface area contributed by atoms with Gasteiger partial charge < -0.3 is 5.32 Å². The van der Waals surface area contributed by atoms with Gasteiger partial charge in [-0.15, -0.1) is 11.3 Å². The van der Waals surface area contributed by atoms with Crippen LogP contribution < -0.4 is 10.9 Å². The van der Waals surface area contributed by atoms with Crippen LogP contribution in [0.1, 0.15) is 18.3 Å². The first-order valence-electron chi connectivity index (χ1n) is 5.53. The second-order valence-electron chi connectivity index (χ2n) is 4.28. The number of nitrogens with one attached hydrogen (secondary N) is 1. The molecule has 1 aliphatic heterocycles. The fraction of sp³-hybridized carbons (Fsp3) is 0.250. The van der Waals surface area contributed by atoms with E-state index in [4.69, 9.17) is 0 Å². The summed E-state index contributed by atoms with van der Waals surface area (Å²) in [6.45, 7) is 5.47. The van der Waals surface area contributed by atoms with E-state index < -0.39 is 6.04 Å². The van der Waals surface area contributed by atoms with Crippen LogP contribution in [0.15, 0.2) is 28.5 Å². The minimum Gasteiger partial charge on any atom is -0.328 e. The minimum atomic E-state index is -0.524.